The first-order valence-electron chi connectivity index (χ1n) is 8.30. The molecule has 0 aliphatic heterocycles. The van der Waals surface area contributed by atoms with Crippen molar-refractivity contribution in [3.8, 4) is 0 Å². The van der Waals surface area contributed by atoms with Gasteiger partial charge in [-0.15, -0.1) is 0 Å². The molecular formula is C19H24N2O3S. The van der Waals surface area contributed by atoms with Crippen molar-refractivity contribution < 1.29 is 13.2 Å². The number of benzene rings is 2. The number of carbonyl (C=O) groups is 1. The number of rotatable bonds is 7. The molecule has 2 aromatic carbocycles. The van der Waals surface area contributed by atoms with Crippen LogP contribution in [0.2, 0.25) is 0 Å². The highest BCUT2D eigenvalue weighted by Gasteiger charge is 2.17. The first kappa shape index (κ1) is 19.0. The molecule has 0 unspecified atom stereocenters. The predicted molar refractivity (Wildman–Crippen MR) is 101 cm³/mol. The second-order valence-electron chi connectivity index (χ2n) is 5.82. The van der Waals surface area contributed by atoms with Crippen LogP contribution in [0.4, 0.5) is 5.69 Å². The summed E-state index contributed by atoms with van der Waals surface area (Å²) in [6.45, 7) is 4.13. The number of anilines is 1. The van der Waals surface area contributed by atoms with Crippen LogP contribution in [-0.2, 0) is 10.0 Å². The van der Waals surface area contributed by atoms with Crippen molar-refractivity contribution in [1.29, 1.82) is 0 Å². The van der Waals surface area contributed by atoms with Gasteiger partial charge in [0, 0.05) is 12.1 Å². The van der Waals surface area contributed by atoms with Crippen molar-refractivity contribution in [3.05, 3.63) is 65.7 Å². The Morgan fingerprint density at radius 1 is 1.04 bits per heavy atom. The summed E-state index contributed by atoms with van der Waals surface area (Å²) in [4.78, 5) is 12.5. The molecule has 0 aromatic heterocycles. The van der Waals surface area contributed by atoms with E-state index in [1.165, 1.54) is 10.6 Å². The molecule has 5 nitrogen and oxygen atoms in total. The SMILES string of the molecule is CC[C@H](NC(=O)c1ccc(N(CC)S(C)(=O)=O)cc1)c1ccccc1. The normalized spacial score (nSPS) is 12.4. The lowest BCUT2D eigenvalue weighted by molar-refractivity contribution is 0.0935. The van der Waals surface area contributed by atoms with Crippen LogP contribution in [0.25, 0.3) is 0 Å². The zero-order valence-electron chi connectivity index (χ0n) is 14.8. The van der Waals surface area contributed by atoms with Crippen molar-refractivity contribution in [1.82, 2.24) is 5.32 Å². The molecule has 0 heterocycles. The predicted octanol–water partition coefficient (Wildman–Crippen LogP) is 3.35. The number of nitrogens with zero attached hydrogens (tertiary/aromatic N) is 1. The van der Waals surface area contributed by atoms with Gasteiger partial charge in [-0.05, 0) is 43.2 Å². The zero-order valence-corrected chi connectivity index (χ0v) is 15.6. The van der Waals surface area contributed by atoms with E-state index in [2.05, 4.69) is 5.32 Å². The Morgan fingerprint density at radius 2 is 1.64 bits per heavy atom. The average Bonchev–Trinajstić information content (AvgIpc) is 2.60. The average molecular weight is 360 g/mol. The molecule has 0 saturated heterocycles. The molecule has 0 aliphatic carbocycles. The number of hydrogen-bond donors (Lipinski definition) is 1. The van der Waals surface area contributed by atoms with E-state index in [4.69, 9.17) is 0 Å². The topological polar surface area (TPSA) is 66.5 Å². The number of nitrogens with one attached hydrogen (secondary N) is 1. The van der Waals surface area contributed by atoms with Gasteiger partial charge in [0.05, 0.1) is 18.0 Å². The fourth-order valence-electron chi connectivity index (χ4n) is 2.74. The molecule has 0 aliphatic rings. The van der Waals surface area contributed by atoms with Gasteiger partial charge in [0.1, 0.15) is 0 Å². The molecule has 0 spiro atoms. The summed E-state index contributed by atoms with van der Waals surface area (Å²) in [6.07, 6.45) is 1.95. The molecule has 0 saturated carbocycles. The second kappa shape index (κ2) is 8.16. The van der Waals surface area contributed by atoms with Gasteiger partial charge in [0.25, 0.3) is 5.91 Å². The van der Waals surface area contributed by atoms with Gasteiger partial charge in [-0.2, -0.15) is 0 Å². The van der Waals surface area contributed by atoms with Gasteiger partial charge in [-0.1, -0.05) is 37.3 Å². The van der Waals surface area contributed by atoms with Crippen molar-refractivity contribution in [3.63, 3.8) is 0 Å². The van der Waals surface area contributed by atoms with Crippen LogP contribution in [0.3, 0.4) is 0 Å². The Hall–Kier alpha value is -2.34. The number of sulfonamides is 1. The minimum absolute atomic E-state index is 0.0588. The van der Waals surface area contributed by atoms with Crippen molar-refractivity contribution in [2.24, 2.45) is 0 Å². The summed E-state index contributed by atoms with van der Waals surface area (Å²) in [5.41, 5.74) is 2.11. The minimum atomic E-state index is -3.33. The third-order valence-electron chi connectivity index (χ3n) is 4.02. The molecule has 6 heteroatoms. The lowest BCUT2D eigenvalue weighted by Gasteiger charge is -2.21. The zero-order chi connectivity index (χ0) is 18.4. The summed E-state index contributed by atoms with van der Waals surface area (Å²) in [6, 6.07) is 16.4. The Morgan fingerprint density at radius 3 is 2.12 bits per heavy atom. The molecule has 134 valence electrons. The van der Waals surface area contributed by atoms with Gasteiger partial charge in [0.15, 0.2) is 0 Å². The van der Waals surface area contributed by atoms with Gasteiger partial charge >= 0.3 is 0 Å². The largest absolute Gasteiger partial charge is 0.345 e. The van der Waals surface area contributed by atoms with Crippen LogP contribution in [0.1, 0.15) is 42.2 Å². The molecule has 0 bridgehead atoms. The maximum absolute atomic E-state index is 12.5. The highest BCUT2D eigenvalue weighted by molar-refractivity contribution is 7.92. The van der Waals surface area contributed by atoms with Crippen molar-refractivity contribution in [2.75, 3.05) is 17.1 Å². The third-order valence-corrected chi connectivity index (χ3v) is 5.29. The monoisotopic (exact) mass is 360 g/mol. The van der Waals surface area contributed by atoms with Crippen molar-refractivity contribution >= 4 is 21.6 Å². The molecular weight excluding hydrogens is 336 g/mol. The summed E-state index contributed by atoms with van der Waals surface area (Å²) < 4.78 is 24.8. The molecule has 0 fully saturated rings. The highest BCUT2D eigenvalue weighted by atomic mass is 32.2. The van der Waals surface area contributed by atoms with E-state index in [-0.39, 0.29) is 11.9 Å². The maximum atomic E-state index is 12.5. The molecule has 0 radical (unpaired) electrons. The van der Waals surface area contributed by atoms with Gasteiger partial charge < -0.3 is 5.32 Å². The third kappa shape index (κ3) is 4.82. The fraction of sp³-hybridized carbons (Fsp3) is 0.316. The molecule has 1 N–H and O–H groups in total. The van der Waals surface area contributed by atoms with E-state index in [0.29, 0.717) is 17.8 Å². The molecule has 25 heavy (non-hydrogen) atoms. The second-order valence-corrected chi connectivity index (χ2v) is 7.73. The summed E-state index contributed by atoms with van der Waals surface area (Å²) >= 11 is 0. The number of carbonyl (C=O) groups excluding carboxylic acids is 1. The van der Waals surface area contributed by atoms with Crippen LogP contribution in [0.15, 0.2) is 54.6 Å². The van der Waals surface area contributed by atoms with Crippen LogP contribution < -0.4 is 9.62 Å². The molecule has 1 atom stereocenters. The van der Waals surface area contributed by atoms with Gasteiger partial charge in [0.2, 0.25) is 10.0 Å². The Kier molecular flexibility index (Phi) is 6.20. The van der Waals surface area contributed by atoms with Crippen LogP contribution in [0.5, 0.6) is 0 Å². The first-order valence-corrected chi connectivity index (χ1v) is 10.1. The lowest BCUT2D eigenvalue weighted by atomic mass is 10.0. The van der Waals surface area contributed by atoms with Crippen LogP contribution in [0, 0.1) is 0 Å². The van der Waals surface area contributed by atoms with E-state index in [1.54, 1.807) is 31.2 Å². The number of amides is 1. The molecule has 1 amide bonds. The first-order chi connectivity index (χ1) is 11.9. The Balaban J connectivity index is 2.15. The van der Waals surface area contributed by atoms with E-state index >= 15 is 0 Å². The fourth-order valence-corrected chi connectivity index (χ4v) is 3.71. The summed E-state index contributed by atoms with van der Waals surface area (Å²) in [5, 5.41) is 3.02. The standard InChI is InChI=1S/C19H24N2O3S/c1-4-18(15-9-7-6-8-10-15)20-19(22)16-11-13-17(14-12-16)21(5-2)25(3,23)24/h6-14,18H,4-5H2,1-3H3,(H,20,22)/t18-/m0/s1. The van der Waals surface area contributed by atoms with Gasteiger partial charge in [-0.3, -0.25) is 9.10 Å². The molecule has 2 rings (SSSR count). The highest BCUT2D eigenvalue weighted by Crippen LogP contribution is 2.20. The van der Waals surface area contributed by atoms with Crippen LogP contribution in [-0.4, -0.2) is 27.1 Å². The summed E-state index contributed by atoms with van der Waals surface area (Å²) in [7, 11) is -3.33. The van der Waals surface area contributed by atoms with E-state index < -0.39 is 10.0 Å². The quantitative estimate of drug-likeness (QED) is 0.823. The Labute approximate surface area is 149 Å². The smallest absolute Gasteiger partial charge is 0.251 e. The summed E-state index contributed by atoms with van der Waals surface area (Å²) in [5.74, 6) is -0.176. The van der Waals surface area contributed by atoms with Crippen LogP contribution >= 0.6 is 0 Å². The maximum Gasteiger partial charge on any atom is 0.251 e. The van der Waals surface area contributed by atoms with Gasteiger partial charge in [-0.25, -0.2) is 8.42 Å². The number of hydrogen-bond acceptors (Lipinski definition) is 3. The molecule has 2 aromatic rings. The van der Waals surface area contributed by atoms with E-state index in [9.17, 15) is 13.2 Å². The minimum Gasteiger partial charge on any atom is -0.345 e. The Bertz CT molecular complexity index is 802. The van der Waals surface area contributed by atoms with E-state index in [0.717, 1.165) is 12.0 Å². The van der Waals surface area contributed by atoms with Crippen molar-refractivity contribution in [2.45, 2.75) is 26.3 Å². The van der Waals surface area contributed by atoms with E-state index in [1.807, 2.05) is 37.3 Å². The lowest BCUT2D eigenvalue weighted by Crippen LogP contribution is -2.30.